The molecule has 0 spiro atoms. The Balaban J connectivity index is 3.07. The molecule has 0 atom stereocenters. The molecule has 6 heteroatoms. The number of rotatable bonds is 9. The smallest absolute Gasteiger partial charge is 0.264 e. The van der Waals surface area contributed by atoms with E-state index in [0.29, 0.717) is 13.0 Å². The molecule has 4 N–H and O–H groups in total. The highest BCUT2D eigenvalue weighted by Gasteiger charge is 2.02. The monoisotopic (exact) mass is 224 g/mol. The molecule has 0 aromatic rings. The lowest BCUT2D eigenvalue weighted by molar-refractivity contribution is 0.479. The molecule has 0 aromatic heterocycles. The normalized spacial score (nSPS) is 11.9. The summed E-state index contributed by atoms with van der Waals surface area (Å²) in [5.41, 5.74) is 5.32. The second kappa shape index (κ2) is 8.16. The van der Waals surface area contributed by atoms with Crippen LogP contribution in [0.5, 0.6) is 0 Å². The first-order chi connectivity index (χ1) is 6.56. The Hall–Kier alpha value is -0.170. The van der Waals surface area contributed by atoms with Crippen LogP contribution in [0.3, 0.4) is 0 Å². The summed E-state index contributed by atoms with van der Waals surface area (Å²) in [7, 11) is -3.77. The van der Waals surface area contributed by atoms with E-state index in [1.165, 1.54) is 0 Å². The van der Waals surface area contributed by atoms with Gasteiger partial charge >= 0.3 is 0 Å². The third kappa shape index (κ3) is 11.8. The maximum absolute atomic E-state index is 10.3. The highest BCUT2D eigenvalue weighted by Crippen LogP contribution is 1.92. The van der Waals surface area contributed by atoms with E-state index in [1.807, 2.05) is 0 Å². The third-order valence-corrected chi connectivity index (χ3v) is 2.62. The van der Waals surface area contributed by atoms with E-state index < -0.39 is 10.1 Å². The Morgan fingerprint density at radius 3 is 2.14 bits per heavy atom. The van der Waals surface area contributed by atoms with Gasteiger partial charge in [0.25, 0.3) is 10.1 Å². The number of unbranched alkanes of at least 4 members (excludes halogenated alkanes) is 2. The van der Waals surface area contributed by atoms with Crippen LogP contribution in [0, 0.1) is 0 Å². The van der Waals surface area contributed by atoms with Gasteiger partial charge in [-0.3, -0.25) is 4.55 Å². The Labute approximate surface area is 85.8 Å². The molecule has 0 aliphatic carbocycles. The molecule has 0 heterocycles. The summed E-state index contributed by atoms with van der Waals surface area (Å²) < 4.78 is 29.1. The Bertz CT molecular complexity index is 217. The number of nitrogens with two attached hydrogens (primary N) is 1. The van der Waals surface area contributed by atoms with Crippen molar-refractivity contribution in [2.75, 3.05) is 25.4 Å². The number of nitrogens with one attached hydrogen (secondary N) is 1. The largest absolute Gasteiger partial charge is 0.330 e. The second-order valence-corrected chi connectivity index (χ2v) is 4.81. The first kappa shape index (κ1) is 13.8. The molecular weight excluding hydrogens is 204 g/mol. The first-order valence-corrected chi connectivity index (χ1v) is 6.53. The van der Waals surface area contributed by atoms with Crippen LogP contribution in [-0.2, 0) is 10.1 Å². The molecule has 5 nitrogen and oxygen atoms in total. The van der Waals surface area contributed by atoms with Gasteiger partial charge in [-0.25, -0.2) is 0 Å². The van der Waals surface area contributed by atoms with Crippen molar-refractivity contribution in [2.45, 2.75) is 25.7 Å². The SMILES string of the molecule is NCCCCNCCCCS(=O)(=O)O. The van der Waals surface area contributed by atoms with E-state index >= 15 is 0 Å². The second-order valence-electron chi connectivity index (χ2n) is 3.24. The average Bonchev–Trinajstić information content (AvgIpc) is 2.08. The Morgan fingerprint density at radius 1 is 1.07 bits per heavy atom. The molecule has 0 rings (SSSR count). The van der Waals surface area contributed by atoms with Crippen LogP contribution in [0.2, 0.25) is 0 Å². The Morgan fingerprint density at radius 2 is 1.64 bits per heavy atom. The molecule has 14 heavy (non-hydrogen) atoms. The average molecular weight is 224 g/mol. The van der Waals surface area contributed by atoms with Crippen LogP contribution in [0.25, 0.3) is 0 Å². The van der Waals surface area contributed by atoms with Gasteiger partial charge in [0.05, 0.1) is 5.75 Å². The molecule has 0 saturated carbocycles. The highest BCUT2D eigenvalue weighted by atomic mass is 32.2. The fourth-order valence-electron chi connectivity index (χ4n) is 1.05. The first-order valence-electron chi connectivity index (χ1n) is 4.92. The van der Waals surface area contributed by atoms with Crippen LogP contribution in [0.15, 0.2) is 0 Å². The zero-order chi connectivity index (χ0) is 10.9. The zero-order valence-electron chi connectivity index (χ0n) is 8.41. The van der Waals surface area contributed by atoms with Crippen LogP contribution in [-0.4, -0.2) is 38.4 Å². The minimum atomic E-state index is -3.77. The van der Waals surface area contributed by atoms with E-state index in [4.69, 9.17) is 10.3 Å². The molecule has 0 bridgehead atoms. The fraction of sp³-hybridized carbons (Fsp3) is 1.00. The maximum Gasteiger partial charge on any atom is 0.264 e. The summed E-state index contributed by atoms with van der Waals surface area (Å²) in [4.78, 5) is 0. The van der Waals surface area contributed by atoms with Crippen molar-refractivity contribution in [2.24, 2.45) is 5.73 Å². The van der Waals surface area contributed by atoms with Crippen molar-refractivity contribution in [1.82, 2.24) is 5.32 Å². The van der Waals surface area contributed by atoms with Gasteiger partial charge in [-0.15, -0.1) is 0 Å². The molecule has 0 radical (unpaired) electrons. The molecule has 0 aromatic carbocycles. The molecule has 0 aliphatic rings. The van der Waals surface area contributed by atoms with Gasteiger partial charge in [0, 0.05) is 0 Å². The van der Waals surface area contributed by atoms with Gasteiger partial charge in [-0.2, -0.15) is 8.42 Å². The minimum absolute atomic E-state index is 0.141. The summed E-state index contributed by atoms with van der Waals surface area (Å²) in [6.07, 6.45) is 3.33. The number of hydrogen-bond acceptors (Lipinski definition) is 4. The summed E-state index contributed by atoms with van der Waals surface area (Å²) >= 11 is 0. The fourth-order valence-corrected chi connectivity index (χ4v) is 1.62. The summed E-state index contributed by atoms with van der Waals surface area (Å²) in [5, 5.41) is 3.17. The van der Waals surface area contributed by atoms with E-state index in [2.05, 4.69) is 5.32 Å². The van der Waals surface area contributed by atoms with Crippen LogP contribution in [0.4, 0.5) is 0 Å². The van der Waals surface area contributed by atoms with E-state index in [1.54, 1.807) is 0 Å². The van der Waals surface area contributed by atoms with Crippen molar-refractivity contribution in [1.29, 1.82) is 0 Å². The highest BCUT2D eigenvalue weighted by molar-refractivity contribution is 7.85. The Kier molecular flexibility index (Phi) is 8.07. The lowest BCUT2D eigenvalue weighted by Crippen LogP contribution is -2.18. The van der Waals surface area contributed by atoms with Gasteiger partial charge in [-0.05, 0) is 45.3 Å². The van der Waals surface area contributed by atoms with Gasteiger partial charge in [0.2, 0.25) is 0 Å². The predicted octanol–water partition coefficient (Wildman–Crippen LogP) is -0.0171. The molecular formula is C8H20N2O3S. The standard InChI is InChI=1S/C8H20N2O3S/c9-5-1-2-6-10-7-3-4-8-14(11,12)13/h10H,1-9H2,(H,11,12,13). The van der Waals surface area contributed by atoms with Gasteiger partial charge in [0.15, 0.2) is 0 Å². The third-order valence-electron chi connectivity index (χ3n) is 1.81. The quantitative estimate of drug-likeness (QED) is 0.378. The molecule has 0 aliphatic heterocycles. The van der Waals surface area contributed by atoms with E-state index in [0.717, 1.165) is 32.4 Å². The zero-order valence-corrected chi connectivity index (χ0v) is 9.22. The summed E-state index contributed by atoms with van der Waals surface area (Å²) in [5.74, 6) is -0.141. The number of hydrogen-bond donors (Lipinski definition) is 3. The van der Waals surface area contributed by atoms with E-state index in [9.17, 15) is 8.42 Å². The van der Waals surface area contributed by atoms with E-state index in [-0.39, 0.29) is 5.75 Å². The topological polar surface area (TPSA) is 92.4 Å². The van der Waals surface area contributed by atoms with Crippen molar-refractivity contribution >= 4 is 10.1 Å². The lowest BCUT2D eigenvalue weighted by atomic mass is 10.3. The van der Waals surface area contributed by atoms with Crippen molar-refractivity contribution < 1.29 is 13.0 Å². The minimum Gasteiger partial charge on any atom is -0.330 e. The van der Waals surface area contributed by atoms with Crippen molar-refractivity contribution in [3.63, 3.8) is 0 Å². The van der Waals surface area contributed by atoms with Crippen molar-refractivity contribution in [3.05, 3.63) is 0 Å². The van der Waals surface area contributed by atoms with Crippen LogP contribution >= 0.6 is 0 Å². The molecule has 0 saturated heterocycles. The summed E-state index contributed by atoms with van der Waals surface area (Å²) in [6, 6.07) is 0. The molecule has 0 amide bonds. The maximum atomic E-state index is 10.3. The predicted molar refractivity (Wildman–Crippen MR) is 56.8 cm³/mol. The van der Waals surface area contributed by atoms with Crippen molar-refractivity contribution in [3.8, 4) is 0 Å². The van der Waals surface area contributed by atoms with Crippen LogP contribution in [0.1, 0.15) is 25.7 Å². The molecule has 0 fully saturated rings. The molecule has 86 valence electrons. The van der Waals surface area contributed by atoms with Gasteiger partial charge < -0.3 is 11.1 Å². The van der Waals surface area contributed by atoms with Gasteiger partial charge in [-0.1, -0.05) is 0 Å². The summed E-state index contributed by atoms with van der Waals surface area (Å²) in [6.45, 7) is 2.42. The molecule has 0 unspecified atom stereocenters. The van der Waals surface area contributed by atoms with Gasteiger partial charge in [0.1, 0.15) is 0 Å². The lowest BCUT2D eigenvalue weighted by Gasteiger charge is -2.02. The van der Waals surface area contributed by atoms with Crippen LogP contribution < -0.4 is 11.1 Å².